The second-order valence-electron chi connectivity index (χ2n) is 7.73. The zero-order valence-electron chi connectivity index (χ0n) is 17.6. The molecule has 31 heavy (non-hydrogen) atoms. The van der Waals surface area contributed by atoms with Gasteiger partial charge in [0.05, 0.1) is 18.0 Å². The van der Waals surface area contributed by atoms with Crippen molar-refractivity contribution in [3.8, 4) is 0 Å². The number of nitrogens with one attached hydrogen (secondary N) is 1. The lowest BCUT2D eigenvalue weighted by atomic mass is 10.1. The number of fused-ring (bicyclic) bond motifs is 1. The van der Waals surface area contributed by atoms with Gasteiger partial charge in [0.1, 0.15) is 15.4 Å². The molecule has 1 aliphatic rings. The van der Waals surface area contributed by atoms with Crippen molar-refractivity contribution in [1.82, 2.24) is 14.8 Å². The Labute approximate surface area is 178 Å². The molecule has 2 aromatic heterocycles. The Hall–Kier alpha value is -2.47. The highest BCUT2D eigenvalue weighted by molar-refractivity contribution is 7.93. The summed E-state index contributed by atoms with van der Waals surface area (Å²) in [5.74, 6) is 0. The van der Waals surface area contributed by atoms with E-state index in [1.54, 1.807) is 0 Å². The van der Waals surface area contributed by atoms with Gasteiger partial charge in [0, 0.05) is 23.6 Å². The van der Waals surface area contributed by atoms with Crippen molar-refractivity contribution in [1.29, 1.82) is 0 Å². The number of carbonyl (C=O) groups excluding carboxylic acids is 1. The van der Waals surface area contributed by atoms with Gasteiger partial charge in [0.15, 0.2) is 5.03 Å². The molecule has 1 aliphatic carbocycles. The molecule has 2 heterocycles. The van der Waals surface area contributed by atoms with Crippen LogP contribution in [0.15, 0.2) is 15.5 Å². The molecule has 12 heteroatoms. The molecule has 170 valence electrons. The fourth-order valence-electron chi connectivity index (χ4n) is 3.62. The quantitative estimate of drug-likeness (QED) is 0.722. The summed E-state index contributed by atoms with van der Waals surface area (Å²) in [7, 11) is -3.31. The number of aliphatic hydroxyl groups excluding tert-OH is 1. The first-order chi connectivity index (χ1) is 14.3. The van der Waals surface area contributed by atoms with E-state index in [9.17, 15) is 27.3 Å². The van der Waals surface area contributed by atoms with Crippen molar-refractivity contribution in [3.05, 3.63) is 34.3 Å². The monoisotopic (exact) mass is 459 g/mol. The molecule has 0 saturated heterocycles. The van der Waals surface area contributed by atoms with Crippen LogP contribution in [0.25, 0.3) is 0 Å². The van der Waals surface area contributed by atoms with E-state index in [-0.39, 0.29) is 28.9 Å². The summed E-state index contributed by atoms with van der Waals surface area (Å²) in [6.07, 6.45) is -1.95. The van der Waals surface area contributed by atoms with Crippen LogP contribution < -0.4 is 5.32 Å². The Morgan fingerprint density at radius 3 is 2.61 bits per heavy atom. The first-order valence-electron chi connectivity index (χ1n) is 9.67. The maximum Gasteiger partial charge on any atom is 0.433 e. The molecule has 0 spiro atoms. The number of hydrogen-bond donors (Lipinski definition) is 2. The molecule has 2 N–H and O–H groups in total. The fourth-order valence-corrected chi connectivity index (χ4v) is 4.67. The maximum atomic E-state index is 13.4. The summed E-state index contributed by atoms with van der Waals surface area (Å²) in [6, 6.07) is 0.243. The molecule has 0 fully saturated rings. The lowest BCUT2D eigenvalue weighted by Crippen LogP contribution is -2.18. The normalized spacial score (nSPS) is 15.6. The molecule has 1 atom stereocenters. The van der Waals surface area contributed by atoms with Crippen LogP contribution in [-0.2, 0) is 35.4 Å². The predicted molar refractivity (Wildman–Crippen MR) is 108 cm³/mol. The second kappa shape index (κ2) is 8.23. The number of anilines is 1. The SMILES string of the molecule is Cc1c(C(F)(F)F)nc2c(c1NC(=O)N=S(C)(=O)c1cc(CO)n(C(C)C)n1)CCC2. The summed E-state index contributed by atoms with van der Waals surface area (Å²) in [4.78, 5) is 16.3. The van der Waals surface area contributed by atoms with E-state index in [1.165, 1.54) is 23.9 Å². The number of aromatic nitrogens is 3. The summed E-state index contributed by atoms with van der Waals surface area (Å²) in [6.45, 7) is 4.55. The predicted octanol–water partition coefficient (Wildman–Crippen LogP) is 3.86. The van der Waals surface area contributed by atoms with Crippen LogP contribution in [0.2, 0.25) is 0 Å². The molecule has 0 aromatic carbocycles. The smallest absolute Gasteiger partial charge is 0.390 e. The summed E-state index contributed by atoms with van der Waals surface area (Å²) >= 11 is 0. The minimum absolute atomic E-state index is 0.00746. The maximum absolute atomic E-state index is 13.4. The number of nitrogens with zero attached hydrogens (tertiary/aromatic N) is 4. The molecule has 0 saturated carbocycles. The third-order valence-electron chi connectivity index (χ3n) is 5.05. The number of alkyl halides is 3. The number of aryl methyl sites for hydroxylation is 1. The average Bonchev–Trinajstić information content (AvgIpc) is 3.29. The first kappa shape index (κ1) is 23.2. The van der Waals surface area contributed by atoms with Gasteiger partial charge in [0.2, 0.25) is 0 Å². The van der Waals surface area contributed by atoms with Gasteiger partial charge in [-0.15, -0.1) is 4.36 Å². The number of pyridine rings is 1. The molecular weight excluding hydrogens is 435 g/mol. The van der Waals surface area contributed by atoms with E-state index in [0.29, 0.717) is 36.2 Å². The number of carbonyl (C=O) groups is 1. The van der Waals surface area contributed by atoms with Crippen molar-refractivity contribution < 1.29 is 27.3 Å². The van der Waals surface area contributed by atoms with Crippen LogP contribution in [0.4, 0.5) is 23.7 Å². The Balaban J connectivity index is 2.00. The van der Waals surface area contributed by atoms with E-state index in [1.807, 2.05) is 13.8 Å². The molecule has 1 unspecified atom stereocenters. The largest absolute Gasteiger partial charge is 0.433 e. The van der Waals surface area contributed by atoms with Crippen molar-refractivity contribution in [3.63, 3.8) is 0 Å². The highest BCUT2D eigenvalue weighted by atomic mass is 32.2. The number of halogens is 3. The van der Waals surface area contributed by atoms with E-state index >= 15 is 0 Å². The summed E-state index contributed by atoms with van der Waals surface area (Å²) in [5, 5.41) is 16.1. The average molecular weight is 459 g/mol. The molecule has 8 nitrogen and oxygen atoms in total. The highest BCUT2D eigenvalue weighted by Crippen LogP contribution is 2.38. The third kappa shape index (κ3) is 4.59. The van der Waals surface area contributed by atoms with Gasteiger partial charge in [-0.25, -0.2) is 14.0 Å². The van der Waals surface area contributed by atoms with Crippen LogP contribution in [-0.4, -0.2) is 36.4 Å². The topological polar surface area (TPSA) is 109 Å². The number of aliphatic hydroxyl groups is 1. The molecule has 3 rings (SSSR count). The van der Waals surface area contributed by atoms with Crippen LogP contribution in [0.3, 0.4) is 0 Å². The van der Waals surface area contributed by atoms with Gasteiger partial charge in [-0.3, -0.25) is 4.68 Å². The third-order valence-corrected chi connectivity index (χ3v) is 6.54. The van der Waals surface area contributed by atoms with Crippen LogP contribution in [0.5, 0.6) is 0 Å². The van der Waals surface area contributed by atoms with E-state index in [2.05, 4.69) is 19.8 Å². The zero-order valence-corrected chi connectivity index (χ0v) is 18.4. The molecule has 0 radical (unpaired) electrons. The Kier molecular flexibility index (Phi) is 6.16. The summed E-state index contributed by atoms with van der Waals surface area (Å²) < 4.78 is 58.4. The van der Waals surface area contributed by atoms with Gasteiger partial charge in [-0.05, 0) is 51.7 Å². The highest BCUT2D eigenvalue weighted by Gasteiger charge is 2.37. The van der Waals surface area contributed by atoms with Gasteiger partial charge in [-0.1, -0.05) is 0 Å². The van der Waals surface area contributed by atoms with Crippen molar-refractivity contribution in [2.75, 3.05) is 11.6 Å². The number of rotatable bonds is 4. The van der Waals surface area contributed by atoms with Gasteiger partial charge >= 0.3 is 12.2 Å². The molecule has 2 aromatic rings. The Bertz CT molecular complexity index is 1150. The lowest BCUT2D eigenvalue weighted by Gasteiger charge is -2.17. The van der Waals surface area contributed by atoms with E-state index in [4.69, 9.17) is 0 Å². The molecular formula is C19H24F3N5O3S. The standard InChI is InChI=1S/C19H24F3N5O3S/c1-10(2)27-12(9-28)8-15(25-27)31(4,30)26-18(29)24-16-11(3)17(19(20,21)22)23-14-7-5-6-13(14)16/h8,10,28H,5-7,9H2,1-4H3,(H,23,24,29). The van der Waals surface area contributed by atoms with Crippen molar-refractivity contribution in [2.45, 2.75) is 63.9 Å². The molecule has 2 amide bonds. The van der Waals surface area contributed by atoms with E-state index < -0.39 is 27.6 Å². The van der Waals surface area contributed by atoms with Gasteiger partial charge in [-0.2, -0.15) is 18.3 Å². The van der Waals surface area contributed by atoms with Crippen LogP contribution in [0, 0.1) is 6.92 Å². The summed E-state index contributed by atoms with van der Waals surface area (Å²) in [5.41, 5.74) is 0.0160. The Morgan fingerprint density at radius 1 is 1.39 bits per heavy atom. The van der Waals surface area contributed by atoms with E-state index in [0.717, 1.165) is 0 Å². The fraction of sp³-hybridized carbons (Fsp3) is 0.526. The Morgan fingerprint density at radius 2 is 2.06 bits per heavy atom. The minimum atomic E-state index is -4.67. The second-order valence-corrected chi connectivity index (χ2v) is 9.94. The first-order valence-corrected chi connectivity index (χ1v) is 11.6. The van der Waals surface area contributed by atoms with Gasteiger partial charge in [0.25, 0.3) is 0 Å². The van der Waals surface area contributed by atoms with Crippen molar-refractivity contribution >= 4 is 21.4 Å². The van der Waals surface area contributed by atoms with Gasteiger partial charge < -0.3 is 10.4 Å². The van der Waals surface area contributed by atoms with Crippen LogP contribution in [0.1, 0.15) is 54.5 Å². The lowest BCUT2D eigenvalue weighted by molar-refractivity contribution is -0.141. The zero-order chi connectivity index (χ0) is 23.1. The number of amides is 2. The molecule has 0 bridgehead atoms. The minimum Gasteiger partial charge on any atom is -0.390 e. The van der Waals surface area contributed by atoms with Crippen molar-refractivity contribution in [2.24, 2.45) is 4.36 Å². The molecule has 0 aliphatic heterocycles. The number of urea groups is 1. The van der Waals surface area contributed by atoms with Crippen LogP contribution >= 0.6 is 0 Å². The number of hydrogen-bond acceptors (Lipinski definition) is 5.